The lowest BCUT2D eigenvalue weighted by atomic mass is 10.2. The minimum Gasteiger partial charge on any atom is -0.448 e. The Morgan fingerprint density at radius 3 is 2.54 bits per heavy atom. The van der Waals surface area contributed by atoms with Crippen molar-refractivity contribution < 1.29 is 18.7 Å². The van der Waals surface area contributed by atoms with Gasteiger partial charge < -0.3 is 10.1 Å². The van der Waals surface area contributed by atoms with Crippen molar-refractivity contribution in [2.45, 2.75) is 26.9 Å². The topological polar surface area (TPSA) is 68.3 Å². The van der Waals surface area contributed by atoms with Gasteiger partial charge in [-0.15, -0.1) is 11.3 Å². The maximum atomic E-state index is 13.6. The van der Waals surface area contributed by atoms with E-state index in [9.17, 15) is 14.0 Å². The Bertz CT molecular complexity index is 1020. The van der Waals surface area contributed by atoms with Crippen LogP contribution in [0.25, 0.3) is 10.6 Å². The number of nitrogens with zero attached hydrogens (tertiary/aromatic N) is 1. The summed E-state index contributed by atoms with van der Waals surface area (Å²) < 4.78 is 18.9. The summed E-state index contributed by atoms with van der Waals surface area (Å²) in [5.74, 6) is -1.58. The number of anilines is 1. The van der Waals surface area contributed by atoms with E-state index in [1.54, 1.807) is 26.0 Å². The highest BCUT2D eigenvalue weighted by Gasteiger charge is 2.23. The zero-order valence-electron chi connectivity index (χ0n) is 15.7. The normalized spacial score (nSPS) is 11.7. The second kappa shape index (κ2) is 8.31. The average Bonchev–Trinajstić information content (AvgIpc) is 3.07. The van der Waals surface area contributed by atoms with Crippen LogP contribution < -0.4 is 5.32 Å². The van der Waals surface area contributed by atoms with Crippen molar-refractivity contribution in [3.63, 3.8) is 0 Å². The van der Waals surface area contributed by atoms with Gasteiger partial charge in [0.05, 0.1) is 5.69 Å². The summed E-state index contributed by atoms with van der Waals surface area (Å²) in [5.41, 5.74) is 2.23. The first-order valence-electron chi connectivity index (χ1n) is 8.66. The fourth-order valence-electron chi connectivity index (χ4n) is 2.47. The molecule has 0 spiro atoms. The van der Waals surface area contributed by atoms with E-state index in [1.807, 2.05) is 30.3 Å². The van der Waals surface area contributed by atoms with E-state index >= 15 is 0 Å². The summed E-state index contributed by atoms with van der Waals surface area (Å²) in [7, 11) is 0. The van der Waals surface area contributed by atoms with Crippen LogP contribution in [-0.2, 0) is 9.53 Å². The van der Waals surface area contributed by atoms with E-state index in [4.69, 9.17) is 4.74 Å². The maximum absolute atomic E-state index is 13.6. The van der Waals surface area contributed by atoms with Crippen LogP contribution in [0.1, 0.15) is 27.9 Å². The second-order valence-electron chi connectivity index (χ2n) is 6.30. The summed E-state index contributed by atoms with van der Waals surface area (Å²) in [6, 6.07) is 13.9. The highest BCUT2D eigenvalue weighted by Crippen LogP contribution is 2.28. The van der Waals surface area contributed by atoms with Crippen molar-refractivity contribution in [2.24, 2.45) is 0 Å². The molecule has 5 nitrogen and oxygen atoms in total. The SMILES string of the molecule is Cc1ccc(NC(=O)[C@H](C)OC(=O)c2sc(-c3ccccc3)nc2C)cc1F. The van der Waals surface area contributed by atoms with Crippen molar-refractivity contribution in [1.29, 1.82) is 0 Å². The molecule has 0 fully saturated rings. The van der Waals surface area contributed by atoms with Gasteiger partial charge in [0.15, 0.2) is 6.10 Å². The molecule has 1 atom stereocenters. The first kappa shape index (κ1) is 19.7. The van der Waals surface area contributed by atoms with E-state index in [2.05, 4.69) is 10.3 Å². The molecule has 0 saturated heterocycles. The Morgan fingerprint density at radius 1 is 1.14 bits per heavy atom. The second-order valence-corrected chi connectivity index (χ2v) is 7.30. The van der Waals surface area contributed by atoms with Crippen molar-refractivity contribution in [3.8, 4) is 10.6 Å². The lowest BCUT2D eigenvalue weighted by Crippen LogP contribution is -2.30. The van der Waals surface area contributed by atoms with Crippen LogP contribution in [0.2, 0.25) is 0 Å². The zero-order valence-corrected chi connectivity index (χ0v) is 16.5. The number of aryl methyl sites for hydroxylation is 2. The smallest absolute Gasteiger partial charge is 0.351 e. The Kier molecular flexibility index (Phi) is 5.84. The molecule has 0 bridgehead atoms. The lowest BCUT2D eigenvalue weighted by Gasteiger charge is -2.13. The number of esters is 1. The predicted molar refractivity (Wildman–Crippen MR) is 107 cm³/mol. The molecule has 0 aliphatic carbocycles. The molecular weight excluding hydrogens is 379 g/mol. The Morgan fingerprint density at radius 2 is 1.86 bits per heavy atom. The molecule has 1 aromatic heterocycles. The number of carbonyl (C=O) groups excluding carboxylic acids is 2. The van der Waals surface area contributed by atoms with E-state index in [0.29, 0.717) is 26.8 Å². The fourth-order valence-corrected chi connectivity index (χ4v) is 3.43. The zero-order chi connectivity index (χ0) is 20.3. The Balaban J connectivity index is 1.67. The number of hydrogen-bond donors (Lipinski definition) is 1. The van der Waals surface area contributed by atoms with Gasteiger partial charge in [-0.25, -0.2) is 14.2 Å². The summed E-state index contributed by atoms with van der Waals surface area (Å²) in [6.07, 6.45) is -1.04. The number of hydrogen-bond acceptors (Lipinski definition) is 5. The van der Waals surface area contributed by atoms with E-state index in [1.165, 1.54) is 24.3 Å². The molecule has 0 aliphatic heterocycles. The van der Waals surface area contributed by atoms with Crippen LogP contribution in [0.4, 0.5) is 10.1 Å². The average molecular weight is 398 g/mol. The molecule has 0 unspecified atom stereocenters. The molecule has 28 heavy (non-hydrogen) atoms. The minimum absolute atomic E-state index is 0.302. The van der Waals surface area contributed by atoms with Crippen LogP contribution >= 0.6 is 11.3 Å². The lowest BCUT2D eigenvalue weighted by molar-refractivity contribution is -0.123. The molecule has 144 valence electrons. The number of thiazole rings is 1. The van der Waals surface area contributed by atoms with Crippen LogP contribution in [0.5, 0.6) is 0 Å². The van der Waals surface area contributed by atoms with Crippen molar-refractivity contribution >= 4 is 28.9 Å². The third-order valence-electron chi connectivity index (χ3n) is 4.10. The monoisotopic (exact) mass is 398 g/mol. The molecule has 7 heteroatoms. The Labute approximate surface area is 166 Å². The molecular formula is C21H19FN2O3S. The number of aromatic nitrogens is 1. The van der Waals surface area contributed by atoms with Gasteiger partial charge in [-0.2, -0.15) is 0 Å². The standard InChI is InChI=1S/C21H19FN2O3S/c1-12-9-10-16(11-17(12)22)24-19(25)14(3)27-21(26)18-13(2)23-20(28-18)15-7-5-4-6-8-15/h4-11,14H,1-3H3,(H,24,25)/t14-/m0/s1. The summed E-state index contributed by atoms with van der Waals surface area (Å²) >= 11 is 1.21. The highest BCUT2D eigenvalue weighted by molar-refractivity contribution is 7.17. The van der Waals surface area contributed by atoms with Gasteiger partial charge in [-0.3, -0.25) is 4.79 Å². The van der Waals surface area contributed by atoms with Gasteiger partial charge in [-0.1, -0.05) is 36.4 Å². The first-order chi connectivity index (χ1) is 13.3. The van der Waals surface area contributed by atoms with Gasteiger partial charge in [0.2, 0.25) is 0 Å². The Hall–Kier alpha value is -3.06. The van der Waals surface area contributed by atoms with Crippen LogP contribution in [0.3, 0.4) is 0 Å². The molecule has 1 amide bonds. The molecule has 0 aliphatic rings. The van der Waals surface area contributed by atoms with Gasteiger partial charge in [0, 0.05) is 11.3 Å². The maximum Gasteiger partial charge on any atom is 0.351 e. The number of nitrogens with one attached hydrogen (secondary N) is 1. The van der Waals surface area contributed by atoms with Crippen molar-refractivity contribution in [2.75, 3.05) is 5.32 Å². The number of halogens is 1. The third-order valence-corrected chi connectivity index (χ3v) is 5.28. The van der Waals surface area contributed by atoms with E-state index in [0.717, 1.165) is 5.56 Å². The molecule has 3 rings (SSSR count). The molecule has 0 saturated carbocycles. The molecule has 0 radical (unpaired) electrons. The number of ether oxygens (including phenoxy) is 1. The molecule has 2 aromatic carbocycles. The number of carbonyl (C=O) groups is 2. The predicted octanol–water partition coefficient (Wildman–Crippen LogP) is 4.75. The quantitative estimate of drug-likeness (QED) is 0.630. The third kappa shape index (κ3) is 4.43. The molecule has 1 heterocycles. The van der Waals surface area contributed by atoms with Crippen molar-refractivity contribution in [3.05, 3.63) is 70.5 Å². The molecule has 1 N–H and O–H groups in total. The highest BCUT2D eigenvalue weighted by atomic mass is 32.1. The largest absolute Gasteiger partial charge is 0.448 e. The number of rotatable bonds is 5. The first-order valence-corrected chi connectivity index (χ1v) is 9.47. The van der Waals surface area contributed by atoms with Crippen LogP contribution in [0.15, 0.2) is 48.5 Å². The molecule has 3 aromatic rings. The number of benzene rings is 2. The minimum atomic E-state index is -1.04. The van der Waals surface area contributed by atoms with Gasteiger partial charge in [-0.05, 0) is 38.5 Å². The van der Waals surface area contributed by atoms with Gasteiger partial charge in [0.1, 0.15) is 15.7 Å². The number of amides is 1. The van der Waals surface area contributed by atoms with Gasteiger partial charge in [0.25, 0.3) is 5.91 Å². The van der Waals surface area contributed by atoms with Crippen LogP contribution in [0, 0.1) is 19.7 Å². The van der Waals surface area contributed by atoms with E-state index < -0.39 is 23.8 Å². The fraction of sp³-hybridized carbons (Fsp3) is 0.190. The van der Waals surface area contributed by atoms with Crippen molar-refractivity contribution in [1.82, 2.24) is 4.98 Å². The summed E-state index contributed by atoms with van der Waals surface area (Å²) in [6.45, 7) is 4.82. The summed E-state index contributed by atoms with van der Waals surface area (Å²) in [4.78, 5) is 29.5. The van der Waals surface area contributed by atoms with E-state index in [-0.39, 0.29) is 0 Å². The van der Waals surface area contributed by atoms with Crippen LogP contribution in [-0.4, -0.2) is 23.0 Å². The van der Waals surface area contributed by atoms with Gasteiger partial charge >= 0.3 is 5.97 Å². The summed E-state index contributed by atoms with van der Waals surface area (Å²) in [5, 5.41) is 3.25.